The Balaban J connectivity index is 2.01. The molecule has 0 saturated carbocycles. The number of nitrogens with zero attached hydrogens (tertiary/aromatic N) is 2. The van der Waals surface area contributed by atoms with Crippen molar-refractivity contribution in [1.82, 2.24) is 9.13 Å². The highest BCUT2D eigenvalue weighted by Crippen LogP contribution is 2.22. The zero-order valence-corrected chi connectivity index (χ0v) is 13.0. The van der Waals surface area contributed by atoms with E-state index >= 15 is 0 Å². The standard InChI is InChI=1S/C21H16N2O/c24-21-22(18-12-6-2-7-13-18)16-20(17-10-4-1-5-11-17)23(21)19-14-8-3-9-15-19/h1-16H. The Morgan fingerprint density at radius 3 is 1.67 bits per heavy atom. The van der Waals surface area contributed by atoms with Crippen LogP contribution in [0.5, 0.6) is 0 Å². The molecule has 0 amide bonds. The second kappa shape index (κ2) is 6.05. The van der Waals surface area contributed by atoms with E-state index in [9.17, 15) is 4.79 Å². The molecule has 0 radical (unpaired) electrons. The molecule has 0 saturated heterocycles. The van der Waals surface area contributed by atoms with Crippen LogP contribution in [0.4, 0.5) is 0 Å². The van der Waals surface area contributed by atoms with Crippen LogP contribution in [0.15, 0.2) is 102 Å². The first-order chi connectivity index (χ1) is 11.8. The van der Waals surface area contributed by atoms with Crippen molar-refractivity contribution in [3.8, 4) is 22.6 Å². The Kier molecular flexibility index (Phi) is 3.60. The molecule has 0 spiro atoms. The highest BCUT2D eigenvalue weighted by molar-refractivity contribution is 5.62. The monoisotopic (exact) mass is 312 g/mol. The van der Waals surface area contributed by atoms with Crippen molar-refractivity contribution in [3.05, 3.63) is 108 Å². The van der Waals surface area contributed by atoms with Crippen LogP contribution in [-0.4, -0.2) is 9.13 Å². The summed E-state index contributed by atoms with van der Waals surface area (Å²) in [6, 6.07) is 29.4. The van der Waals surface area contributed by atoms with Crippen LogP contribution in [-0.2, 0) is 0 Å². The lowest BCUT2D eigenvalue weighted by Crippen LogP contribution is -2.22. The average molecular weight is 312 g/mol. The minimum atomic E-state index is -0.0775. The third-order valence-electron chi connectivity index (χ3n) is 4.01. The Bertz CT molecular complexity index is 1000. The molecule has 0 aliphatic rings. The predicted molar refractivity (Wildman–Crippen MR) is 96.8 cm³/mol. The van der Waals surface area contributed by atoms with Crippen LogP contribution in [0.2, 0.25) is 0 Å². The summed E-state index contributed by atoms with van der Waals surface area (Å²) in [5.74, 6) is 0. The molecular weight excluding hydrogens is 296 g/mol. The van der Waals surface area contributed by atoms with Crippen molar-refractivity contribution in [3.63, 3.8) is 0 Å². The third-order valence-corrected chi connectivity index (χ3v) is 4.01. The van der Waals surface area contributed by atoms with Gasteiger partial charge in [-0.1, -0.05) is 66.7 Å². The van der Waals surface area contributed by atoms with Gasteiger partial charge >= 0.3 is 5.69 Å². The van der Waals surface area contributed by atoms with Gasteiger partial charge in [-0.05, 0) is 24.3 Å². The Labute approximate surface area is 140 Å². The third kappa shape index (κ3) is 2.46. The van der Waals surface area contributed by atoms with E-state index in [-0.39, 0.29) is 5.69 Å². The SMILES string of the molecule is O=c1n(-c2ccccc2)cc(-c2ccccc2)n1-c1ccccc1. The minimum Gasteiger partial charge on any atom is -0.267 e. The molecule has 0 aliphatic heterocycles. The summed E-state index contributed by atoms with van der Waals surface area (Å²) in [6.07, 6.45) is 1.90. The molecule has 0 unspecified atom stereocenters. The van der Waals surface area contributed by atoms with E-state index in [1.807, 2.05) is 97.2 Å². The molecule has 0 N–H and O–H groups in total. The smallest absolute Gasteiger partial charge is 0.267 e. The fraction of sp³-hybridized carbons (Fsp3) is 0. The van der Waals surface area contributed by atoms with Crippen LogP contribution in [0.3, 0.4) is 0 Å². The van der Waals surface area contributed by atoms with Gasteiger partial charge in [0.1, 0.15) is 0 Å². The molecule has 3 aromatic carbocycles. The first-order valence-corrected chi connectivity index (χ1v) is 7.85. The summed E-state index contributed by atoms with van der Waals surface area (Å²) in [5.41, 5.74) is 3.51. The molecule has 116 valence electrons. The van der Waals surface area contributed by atoms with E-state index in [2.05, 4.69) is 0 Å². The Morgan fingerprint density at radius 1 is 0.583 bits per heavy atom. The number of hydrogen-bond acceptors (Lipinski definition) is 1. The number of aromatic nitrogens is 2. The largest absolute Gasteiger partial charge is 0.337 e. The maximum atomic E-state index is 13.1. The van der Waals surface area contributed by atoms with E-state index in [0.29, 0.717) is 0 Å². The Hall–Kier alpha value is -3.33. The van der Waals surface area contributed by atoms with Crippen molar-refractivity contribution in [2.45, 2.75) is 0 Å². The summed E-state index contributed by atoms with van der Waals surface area (Å²) in [6.45, 7) is 0. The summed E-state index contributed by atoms with van der Waals surface area (Å²) >= 11 is 0. The average Bonchev–Trinajstić information content (AvgIpc) is 3.01. The summed E-state index contributed by atoms with van der Waals surface area (Å²) in [4.78, 5) is 13.1. The topological polar surface area (TPSA) is 26.9 Å². The molecule has 4 rings (SSSR count). The maximum Gasteiger partial charge on any atom is 0.337 e. The van der Waals surface area contributed by atoms with E-state index in [1.165, 1.54) is 0 Å². The van der Waals surface area contributed by atoms with Gasteiger partial charge in [-0.3, -0.25) is 9.13 Å². The lowest BCUT2D eigenvalue weighted by Gasteiger charge is -2.06. The van der Waals surface area contributed by atoms with Crippen molar-refractivity contribution < 1.29 is 0 Å². The van der Waals surface area contributed by atoms with Gasteiger partial charge in [-0.15, -0.1) is 0 Å². The lowest BCUT2D eigenvalue weighted by molar-refractivity contribution is 0.911. The molecule has 0 aliphatic carbocycles. The van der Waals surface area contributed by atoms with Gasteiger partial charge in [0.15, 0.2) is 0 Å². The van der Waals surface area contributed by atoms with E-state index in [4.69, 9.17) is 0 Å². The minimum absolute atomic E-state index is 0.0775. The van der Waals surface area contributed by atoms with Crippen LogP contribution in [0, 0.1) is 0 Å². The van der Waals surface area contributed by atoms with Gasteiger partial charge in [0, 0.05) is 11.8 Å². The van der Waals surface area contributed by atoms with Gasteiger partial charge in [0.25, 0.3) is 0 Å². The van der Waals surface area contributed by atoms with Crippen LogP contribution < -0.4 is 5.69 Å². The first-order valence-electron chi connectivity index (χ1n) is 7.85. The molecule has 0 bridgehead atoms. The molecule has 4 aromatic rings. The van der Waals surface area contributed by atoms with Crippen molar-refractivity contribution in [1.29, 1.82) is 0 Å². The zero-order valence-electron chi connectivity index (χ0n) is 13.0. The normalized spacial score (nSPS) is 10.7. The lowest BCUT2D eigenvalue weighted by atomic mass is 10.1. The second-order valence-corrected chi connectivity index (χ2v) is 5.54. The number of imidazole rings is 1. The molecule has 3 heteroatoms. The van der Waals surface area contributed by atoms with Gasteiger partial charge in [-0.2, -0.15) is 0 Å². The van der Waals surface area contributed by atoms with Gasteiger partial charge in [-0.25, -0.2) is 4.79 Å². The molecule has 1 aromatic heterocycles. The second-order valence-electron chi connectivity index (χ2n) is 5.54. The van der Waals surface area contributed by atoms with E-state index in [1.54, 1.807) is 9.13 Å². The van der Waals surface area contributed by atoms with Crippen LogP contribution in [0.1, 0.15) is 0 Å². The maximum absolute atomic E-state index is 13.1. The molecule has 0 fully saturated rings. The Morgan fingerprint density at radius 2 is 1.08 bits per heavy atom. The zero-order chi connectivity index (χ0) is 16.4. The van der Waals surface area contributed by atoms with E-state index < -0.39 is 0 Å². The number of hydrogen-bond donors (Lipinski definition) is 0. The number of benzene rings is 3. The van der Waals surface area contributed by atoms with Gasteiger partial charge < -0.3 is 0 Å². The highest BCUT2D eigenvalue weighted by Gasteiger charge is 2.15. The molecule has 1 heterocycles. The molecule has 24 heavy (non-hydrogen) atoms. The van der Waals surface area contributed by atoms with Crippen LogP contribution in [0.25, 0.3) is 22.6 Å². The summed E-state index contributed by atoms with van der Waals surface area (Å²) in [7, 11) is 0. The van der Waals surface area contributed by atoms with Crippen molar-refractivity contribution >= 4 is 0 Å². The van der Waals surface area contributed by atoms with E-state index in [0.717, 1.165) is 22.6 Å². The fourth-order valence-corrected chi connectivity index (χ4v) is 2.86. The quantitative estimate of drug-likeness (QED) is 0.554. The number of para-hydroxylation sites is 2. The van der Waals surface area contributed by atoms with Crippen LogP contribution >= 0.6 is 0 Å². The molecule has 3 nitrogen and oxygen atoms in total. The summed E-state index contributed by atoms with van der Waals surface area (Å²) < 4.78 is 3.44. The predicted octanol–water partition coefficient (Wildman–Crippen LogP) is 4.30. The van der Waals surface area contributed by atoms with Gasteiger partial charge in [0.05, 0.1) is 17.1 Å². The molecular formula is C21H16N2O. The number of rotatable bonds is 3. The molecule has 0 atom stereocenters. The van der Waals surface area contributed by atoms with Gasteiger partial charge in [0.2, 0.25) is 0 Å². The fourth-order valence-electron chi connectivity index (χ4n) is 2.86. The van der Waals surface area contributed by atoms with Crippen molar-refractivity contribution in [2.24, 2.45) is 0 Å². The highest BCUT2D eigenvalue weighted by atomic mass is 16.1. The van der Waals surface area contributed by atoms with Crippen molar-refractivity contribution in [2.75, 3.05) is 0 Å². The first kappa shape index (κ1) is 14.3. The summed E-state index contributed by atoms with van der Waals surface area (Å²) in [5, 5.41) is 0.